The minimum Gasteiger partial charge on any atom is -0.470 e. The van der Waals surface area contributed by atoms with Gasteiger partial charge in [-0.1, -0.05) is 11.6 Å². The maximum atomic E-state index is 13.9. The summed E-state index contributed by atoms with van der Waals surface area (Å²) < 4.78 is 64.7. The molecule has 2 fully saturated rings. The van der Waals surface area contributed by atoms with Crippen LogP contribution in [0.2, 0.25) is 5.02 Å². The average molecular weight is 558 g/mol. The molecule has 1 atom stereocenters. The van der Waals surface area contributed by atoms with Crippen molar-refractivity contribution in [3.05, 3.63) is 58.6 Å². The molecule has 2 aliphatic heterocycles. The Morgan fingerprint density at radius 3 is 2.62 bits per heavy atom. The molecule has 13 heteroatoms. The first-order valence-electron chi connectivity index (χ1n) is 11.7. The fourth-order valence-corrected chi connectivity index (χ4v) is 5.85. The number of benzene rings is 1. The smallest absolute Gasteiger partial charge is 0.272 e. The molecule has 2 saturated heterocycles. The van der Waals surface area contributed by atoms with E-state index in [4.69, 9.17) is 21.1 Å². The van der Waals surface area contributed by atoms with Crippen molar-refractivity contribution in [3.8, 4) is 0 Å². The third kappa shape index (κ3) is 7.07. The molecule has 0 saturated carbocycles. The van der Waals surface area contributed by atoms with Gasteiger partial charge in [-0.15, -0.1) is 5.10 Å². The minimum atomic E-state index is -2.68. The molecule has 1 aromatic heterocycles. The summed E-state index contributed by atoms with van der Waals surface area (Å²) in [6.45, 7) is 5.65. The normalized spacial score (nSPS) is 18.5. The van der Waals surface area contributed by atoms with Gasteiger partial charge < -0.3 is 9.47 Å². The number of rotatable bonds is 10. The van der Waals surface area contributed by atoms with Crippen LogP contribution in [0.15, 0.2) is 46.7 Å². The molecule has 8 nitrogen and oxygen atoms in total. The quantitative estimate of drug-likeness (QED) is 0.250. The van der Waals surface area contributed by atoms with Gasteiger partial charge in [0.15, 0.2) is 6.61 Å². The molecule has 4 rings (SSSR count). The first kappa shape index (κ1) is 27.5. The largest absolute Gasteiger partial charge is 0.470 e. The summed E-state index contributed by atoms with van der Waals surface area (Å²) >= 11 is 6.04. The fourth-order valence-electron chi connectivity index (χ4n) is 4.12. The number of piperidine rings is 1. The van der Waals surface area contributed by atoms with E-state index in [9.17, 15) is 17.4 Å². The summed E-state index contributed by atoms with van der Waals surface area (Å²) in [7, 11) is -1.45. The van der Waals surface area contributed by atoms with E-state index in [-0.39, 0.29) is 22.7 Å². The molecule has 1 unspecified atom stereocenters. The van der Waals surface area contributed by atoms with Gasteiger partial charge in [0.1, 0.15) is 16.8 Å². The lowest BCUT2D eigenvalue weighted by Gasteiger charge is -2.41. The zero-order valence-electron chi connectivity index (χ0n) is 19.9. The predicted octanol–water partition coefficient (Wildman–Crippen LogP) is 4.05. The summed E-state index contributed by atoms with van der Waals surface area (Å²) in [5.74, 6) is -0.704. The van der Waals surface area contributed by atoms with Crippen molar-refractivity contribution >= 4 is 40.9 Å². The monoisotopic (exact) mass is 557 g/mol. The molecule has 3 heterocycles. The third-order valence-corrected chi connectivity index (χ3v) is 8.30. The molecule has 2 aliphatic rings. The lowest BCUT2D eigenvalue weighted by Crippen LogP contribution is -2.53. The van der Waals surface area contributed by atoms with Crippen molar-refractivity contribution < 1.29 is 26.9 Å². The maximum Gasteiger partial charge on any atom is 0.272 e. The van der Waals surface area contributed by atoms with Crippen molar-refractivity contribution in [2.24, 2.45) is 10.2 Å². The van der Waals surface area contributed by atoms with Crippen LogP contribution in [0.25, 0.3) is 0 Å². The maximum absolute atomic E-state index is 13.9. The first-order chi connectivity index (χ1) is 17.9. The number of nitrogens with zero attached hydrogens (tertiary/aromatic N) is 5. The summed E-state index contributed by atoms with van der Waals surface area (Å²) in [5.41, 5.74) is 1.38. The highest BCUT2D eigenvalue weighted by Gasteiger charge is 2.33. The highest BCUT2D eigenvalue weighted by atomic mass is 35.5. The molecule has 200 valence electrons. The van der Waals surface area contributed by atoms with E-state index < -0.39 is 29.8 Å². The minimum absolute atomic E-state index is 0.0726. The van der Waals surface area contributed by atoms with Gasteiger partial charge in [-0.25, -0.2) is 17.4 Å². The molecule has 0 aliphatic carbocycles. The Morgan fingerprint density at radius 1 is 1.30 bits per heavy atom. The Morgan fingerprint density at radius 2 is 2.05 bits per heavy atom. The van der Waals surface area contributed by atoms with Gasteiger partial charge in [-0.05, 0) is 56.3 Å². The van der Waals surface area contributed by atoms with Gasteiger partial charge in [-0.2, -0.15) is 5.10 Å². The molecule has 0 spiro atoms. The van der Waals surface area contributed by atoms with Crippen LogP contribution in [-0.4, -0.2) is 77.3 Å². The van der Waals surface area contributed by atoms with Crippen LogP contribution in [0, 0.1) is 5.82 Å². The SMILES string of the molecule is C=N/N=C(\OCC(F)F)c1ccc(CN(c2ccc(F)c(Cl)c2)S(=O)C2CCN(C3COC3)CC2)nc1. The van der Waals surface area contributed by atoms with Crippen molar-refractivity contribution in [2.75, 3.05) is 37.2 Å². The Kier molecular flexibility index (Phi) is 9.52. The van der Waals surface area contributed by atoms with E-state index in [1.54, 1.807) is 16.4 Å². The topological polar surface area (TPSA) is 79.6 Å². The number of hydrogen-bond donors (Lipinski definition) is 0. The number of ether oxygens (including phenoxy) is 2. The zero-order chi connectivity index (χ0) is 26.4. The Bertz CT molecular complexity index is 1130. The predicted molar refractivity (Wildman–Crippen MR) is 137 cm³/mol. The van der Waals surface area contributed by atoms with Gasteiger partial charge >= 0.3 is 0 Å². The summed E-state index contributed by atoms with van der Waals surface area (Å²) in [4.78, 5) is 6.75. The van der Waals surface area contributed by atoms with Crippen LogP contribution in [-0.2, 0) is 27.0 Å². The standard InChI is InChI=1S/C24H27ClF3N5O3S/c1-29-31-24(36-15-23(27)28)16-2-3-17(30-11-16)12-33(18-4-5-22(26)21(25)10-18)37(34)20-6-8-32(9-7-20)19-13-35-14-19/h2-5,10-11,19-20,23H,1,6-9,12-15H2/b31-24-. The summed E-state index contributed by atoms with van der Waals surface area (Å²) in [6.07, 6.45) is 0.221. The van der Waals surface area contributed by atoms with Crippen LogP contribution in [0.3, 0.4) is 0 Å². The number of likely N-dealkylation sites (tertiary alicyclic amines) is 1. The van der Waals surface area contributed by atoms with Gasteiger partial charge in [-0.3, -0.25) is 14.2 Å². The van der Waals surface area contributed by atoms with Crippen molar-refractivity contribution in [1.29, 1.82) is 0 Å². The van der Waals surface area contributed by atoms with Crippen LogP contribution >= 0.6 is 11.6 Å². The second-order valence-electron chi connectivity index (χ2n) is 8.62. The van der Waals surface area contributed by atoms with E-state index in [2.05, 4.69) is 26.8 Å². The Labute approximate surface area is 220 Å². The second kappa shape index (κ2) is 12.8. The third-order valence-electron chi connectivity index (χ3n) is 6.19. The van der Waals surface area contributed by atoms with Crippen LogP contribution in [0.1, 0.15) is 24.1 Å². The van der Waals surface area contributed by atoms with E-state index in [1.165, 1.54) is 24.4 Å². The van der Waals surface area contributed by atoms with Gasteiger partial charge in [0, 0.05) is 12.9 Å². The number of hydrogen-bond acceptors (Lipinski definition) is 7. The lowest BCUT2D eigenvalue weighted by atomic mass is 10.1. The van der Waals surface area contributed by atoms with Gasteiger partial charge in [0.25, 0.3) is 6.43 Å². The Balaban J connectivity index is 1.51. The van der Waals surface area contributed by atoms with Gasteiger partial charge in [0.2, 0.25) is 5.90 Å². The number of aromatic nitrogens is 1. The molecule has 1 aromatic carbocycles. The summed E-state index contributed by atoms with van der Waals surface area (Å²) in [6, 6.07) is 7.89. The molecule has 37 heavy (non-hydrogen) atoms. The van der Waals surface area contributed by atoms with E-state index in [1.807, 2.05) is 0 Å². The van der Waals surface area contributed by atoms with Crippen LogP contribution in [0.5, 0.6) is 0 Å². The van der Waals surface area contributed by atoms with E-state index >= 15 is 0 Å². The first-order valence-corrected chi connectivity index (χ1v) is 13.3. The van der Waals surface area contributed by atoms with E-state index in [0.29, 0.717) is 23.0 Å². The van der Waals surface area contributed by atoms with E-state index in [0.717, 1.165) is 39.1 Å². The van der Waals surface area contributed by atoms with Crippen molar-refractivity contribution in [3.63, 3.8) is 0 Å². The highest BCUT2D eigenvalue weighted by Crippen LogP contribution is 2.29. The number of anilines is 1. The average Bonchev–Trinajstić information content (AvgIpc) is 2.86. The second-order valence-corrected chi connectivity index (χ2v) is 10.7. The molecule has 0 radical (unpaired) electrons. The highest BCUT2D eigenvalue weighted by molar-refractivity contribution is 7.87. The number of halogens is 4. The fraction of sp³-hybridized carbons (Fsp3) is 0.458. The molecular formula is C24H27ClF3N5O3S. The van der Waals surface area contributed by atoms with Crippen molar-refractivity contribution in [1.82, 2.24) is 9.88 Å². The van der Waals surface area contributed by atoms with Crippen LogP contribution in [0.4, 0.5) is 18.9 Å². The molecule has 0 bridgehead atoms. The number of pyridine rings is 1. The molecule has 0 N–H and O–H groups in total. The molecule has 0 amide bonds. The zero-order valence-corrected chi connectivity index (χ0v) is 21.5. The van der Waals surface area contributed by atoms with Crippen LogP contribution < -0.4 is 4.31 Å². The molecular weight excluding hydrogens is 531 g/mol. The lowest BCUT2D eigenvalue weighted by molar-refractivity contribution is -0.0694. The van der Waals surface area contributed by atoms with Gasteiger partial charge in [0.05, 0.1) is 53.0 Å². The van der Waals surface area contributed by atoms with Crippen molar-refractivity contribution in [2.45, 2.75) is 37.1 Å². The number of alkyl halides is 2. The summed E-state index contributed by atoms with van der Waals surface area (Å²) in [5, 5.41) is 6.84. The Hall–Kier alpha value is -2.54. The molecule has 2 aromatic rings.